The fraction of sp³-hybridized carbons (Fsp3) is 0. The van der Waals surface area contributed by atoms with Crippen molar-refractivity contribution in [1.29, 1.82) is 0 Å². The fourth-order valence-corrected chi connectivity index (χ4v) is 2.13. The Kier molecular flexibility index (Phi) is 3.98. The minimum Gasteiger partial charge on any atom is -0.478 e. The molecule has 0 saturated heterocycles. The lowest BCUT2D eigenvalue weighted by Crippen LogP contribution is -1.99. The highest BCUT2D eigenvalue weighted by molar-refractivity contribution is 5.89. The molecule has 0 unspecified atom stereocenters. The Bertz CT molecular complexity index is 868. The molecule has 0 radical (unpaired) electrons. The topological polar surface area (TPSA) is 113 Å². The predicted molar refractivity (Wildman–Crippen MR) is 84.6 cm³/mol. The van der Waals surface area contributed by atoms with Crippen LogP contribution < -0.4 is 0 Å². The van der Waals surface area contributed by atoms with Gasteiger partial charge in [-0.2, -0.15) is 0 Å². The highest BCUT2D eigenvalue weighted by Crippen LogP contribution is 2.21. The van der Waals surface area contributed by atoms with E-state index < -0.39 is 11.9 Å². The third kappa shape index (κ3) is 3.09. The maximum absolute atomic E-state index is 11.1. The largest absolute Gasteiger partial charge is 0.478 e. The molecular weight excluding hydrogens is 310 g/mol. The third-order valence-corrected chi connectivity index (χ3v) is 3.29. The number of nitrogens with zero attached hydrogens (tertiary/aromatic N) is 3. The lowest BCUT2D eigenvalue weighted by Gasteiger charge is -2.05. The van der Waals surface area contributed by atoms with Crippen LogP contribution in [0.5, 0.6) is 0 Å². The Balaban J connectivity index is 2.04. The zero-order valence-electron chi connectivity index (χ0n) is 12.2. The molecule has 0 saturated carbocycles. The first kappa shape index (κ1) is 15.3. The van der Waals surface area contributed by atoms with E-state index in [1.165, 1.54) is 36.7 Å². The van der Waals surface area contributed by atoms with Crippen LogP contribution in [-0.4, -0.2) is 37.1 Å². The molecule has 2 N–H and O–H groups in total. The Hall–Kier alpha value is -3.61. The first-order chi connectivity index (χ1) is 11.5. The number of hydrogen-bond acceptors (Lipinski definition) is 5. The van der Waals surface area contributed by atoms with Gasteiger partial charge < -0.3 is 10.2 Å². The number of hydrogen-bond donors (Lipinski definition) is 2. The third-order valence-electron chi connectivity index (χ3n) is 3.29. The second-order valence-electron chi connectivity index (χ2n) is 4.88. The highest BCUT2D eigenvalue weighted by Gasteiger charge is 2.10. The monoisotopic (exact) mass is 321 g/mol. The van der Waals surface area contributed by atoms with E-state index in [9.17, 15) is 9.59 Å². The number of aromatic carboxylic acids is 2. The molecule has 24 heavy (non-hydrogen) atoms. The van der Waals surface area contributed by atoms with E-state index in [-0.39, 0.29) is 11.1 Å². The number of carbonyl (C=O) groups is 2. The van der Waals surface area contributed by atoms with Crippen LogP contribution in [0.3, 0.4) is 0 Å². The molecule has 3 heterocycles. The molecule has 3 rings (SSSR count). The molecule has 7 heteroatoms. The summed E-state index contributed by atoms with van der Waals surface area (Å²) < 4.78 is 0. The molecular formula is C17H11N3O4. The van der Waals surface area contributed by atoms with Crippen LogP contribution in [0.2, 0.25) is 0 Å². The zero-order chi connectivity index (χ0) is 17.1. The van der Waals surface area contributed by atoms with Gasteiger partial charge in [0.1, 0.15) is 0 Å². The van der Waals surface area contributed by atoms with Crippen molar-refractivity contribution >= 4 is 11.9 Å². The van der Waals surface area contributed by atoms with E-state index in [0.29, 0.717) is 22.8 Å². The molecule has 3 aromatic rings. The summed E-state index contributed by atoms with van der Waals surface area (Å²) in [6, 6.07) is 10.8. The number of carboxylic acid groups (broad SMARTS) is 2. The van der Waals surface area contributed by atoms with Crippen molar-refractivity contribution < 1.29 is 19.8 Å². The normalized spacial score (nSPS) is 10.3. The lowest BCUT2D eigenvalue weighted by molar-refractivity contribution is 0.0686. The summed E-state index contributed by atoms with van der Waals surface area (Å²) in [5.41, 5.74) is 1.98. The molecule has 3 aromatic heterocycles. The van der Waals surface area contributed by atoms with Crippen LogP contribution >= 0.6 is 0 Å². The second-order valence-corrected chi connectivity index (χ2v) is 4.88. The lowest BCUT2D eigenvalue weighted by atomic mass is 10.1. The molecule has 0 aliphatic carbocycles. The second kappa shape index (κ2) is 6.25. The summed E-state index contributed by atoms with van der Waals surface area (Å²) in [6.07, 6.45) is 2.80. The Morgan fingerprint density at radius 2 is 1.17 bits per heavy atom. The number of rotatable bonds is 4. The number of carboxylic acids is 2. The summed E-state index contributed by atoms with van der Waals surface area (Å²) in [5.74, 6) is -2.10. The highest BCUT2D eigenvalue weighted by atomic mass is 16.4. The Labute approximate surface area is 136 Å². The van der Waals surface area contributed by atoms with Crippen LogP contribution in [0, 0.1) is 0 Å². The van der Waals surface area contributed by atoms with Gasteiger partial charge in [-0.25, -0.2) is 14.6 Å². The molecule has 0 amide bonds. The fourth-order valence-electron chi connectivity index (χ4n) is 2.13. The van der Waals surface area contributed by atoms with Crippen LogP contribution in [-0.2, 0) is 0 Å². The standard InChI is InChI=1S/C17H11N3O4/c21-16(22)10-4-6-18-14(8-10)12-2-1-3-13(20-12)15-9-11(17(23)24)5-7-19-15/h1-9H,(H,21,22)(H,23,24). The Morgan fingerprint density at radius 1 is 0.708 bits per heavy atom. The van der Waals surface area contributed by atoms with Gasteiger partial charge in [0.05, 0.1) is 33.9 Å². The maximum Gasteiger partial charge on any atom is 0.335 e. The molecule has 0 fully saturated rings. The number of aromatic nitrogens is 3. The van der Waals surface area contributed by atoms with Gasteiger partial charge in [-0.05, 0) is 36.4 Å². The minimum absolute atomic E-state index is 0.109. The summed E-state index contributed by atoms with van der Waals surface area (Å²) >= 11 is 0. The summed E-state index contributed by atoms with van der Waals surface area (Å²) in [7, 11) is 0. The van der Waals surface area contributed by atoms with Gasteiger partial charge in [-0.1, -0.05) is 6.07 Å². The summed E-state index contributed by atoms with van der Waals surface area (Å²) in [6.45, 7) is 0. The maximum atomic E-state index is 11.1. The minimum atomic E-state index is -1.05. The van der Waals surface area contributed by atoms with E-state index in [2.05, 4.69) is 15.0 Å². The van der Waals surface area contributed by atoms with Crippen molar-refractivity contribution in [2.45, 2.75) is 0 Å². The first-order valence-electron chi connectivity index (χ1n) is 6.91. The van der Waals surface area contributed by atoms with Gasteiger partial charge in [0, 0.05) is 12.4 Å². The average Bonchev–Trinajstić information content (AvgIpc) is 2.62. The van der Waals surface area contributed by atoms with Crippen molar-refractivity contribution in [3.63, 3.8) is 0 Å². The van der Waals surface area contributed by atoms with E-state index in [1.807, 2.05) is 0 Å². The molecule has 0 aliphatic heterocycles. The SMILES string of the molecule is O=C(O)c1ccnc(-c2cccc(-c3cc(C(=O)O)ccn3)n2)c1. The summed E-state index contributed by atoms with van der Waals surface area (Å²) in [4.78, 5) is 34.8. The van der Waals surface area contributed by atoms with Gasteiger partial charge in [-0.15, -0.1) is 0 Å². The van der Waals surface area contributed by atoms with Gasteiger partial charge >= 0.3 is 11.9 Å². The molecule has 7 nitrogen and oxygen atoms in total. The predicted octanol–water partition coefficient (Wildman–Crippen LogP) is 2.60. The molecule has 0 bridgehead atoms. The van der Waals surface area contributed by atoms with Gasteiger partial charge in [0.25, 0.3) is 0 Å². The van der Waals surface area contributed by atoms with E-state index in [0.717, 1.165) is 0 Å². The van der Waals surface area contributed by atoms with Gasteiger partial charge in [0.15, 0.2) is 0 Å². The van der Waals surface area contributed by atoms with Crippen LogP contribution in [0.15, 0.2) is 54.9 Å². The molecule has 0 atom stereocenters. The van der Waals surface area contributed by atoms with E-state index in [4.69, 9.17) is 10.2 Å². The van der Waals surface area contributed by atoms with E-state index in [1.54, 1.807) is 18.2 Å². The number of pyridine rings is 3. The van der Waals surface area contributed by atoms with Crippen molar-refractivity contribution in [3.05, 3.63) is 66.0 Å². The van der Waals surface area contributed by atoms with Gasteiger partial charge in [0.2, 0.25) is 0 Å². The zero-order valence-corrected chi connectivity index (χ0v) is 12.2. The molecule has 118 valence electrons. The van der Waals surface area contributed by atoms with Crippen LogP contribution in [0.1, 0.15) is 20.7 Å². The van der Waals surface area contributed by atoms with Crippen molar-refractivity contribution in [3.8, 4) is 22.8 Å². The van der Waals surface area contributed by atoms with Crippen molar-refractivity contribution in [2.24, 2.45) is 0 Å². The van der Waals surface area contributed by atoms with Crippen LogP contribution in [0.4, 0.5) is 0 Å². The van der Waals surface area contributed by atoms with E-state index >= 15 is 0 Å². The summed E-state index contributed by atoms with van der Waals surface area (Å²) in [5, 5.41) is 18.1. The Morgan fingerprint density at radius 3 is 1.58 bits per heavy atom. The smallest absolute Gasteiger partial charge is 0.335 e. The molecule has 0 aromatic carbocycles. The van der Waals surface area contributed by atoms with Crippen molar-refractivity contribution in [1.82, 2.24) is 15.0 Å². The van der Waals surface area contributed by atoms with Crippen LogP contribution in [0.25, 0.3) is 22.8 Å². The van der Waals surface area contributed by atoms with Gasteiger partial charge in [-0.3, -0.25) is 9.97 Å². The molecule has 0 aliphatic rings. The average molecular weight is 321 g/mol. The van der Waals surface area contributed by atoms with Crippen molar-refractivity contribution in [2.75, 3.05) is 0 Å². The quantitative estimate of drug-likeness (QED) is 0.759. The first-order valence-corrected chi connectivity index (χ1v) is 6.91. The molecule has 0 spiro atoms.